The van der Waals surface area contributed by atoms with Crippen LogP contribution >= 0.6 is 0 Å². The van der Waals surface area contributed by atoms with Crippen LogP contribution in [0.25, 0.3) is 11.1 Å². The molecule has 4 rings (SSSR count). The highest BCUT2D eigenvalue weighted by atomic mass is 16.5. The van der Waals surface area contributed by atoms with E-state index in [0.717, 1.165) is 29.0 Å². The SMILES string of the molecule is C1=CC2=C(CC=N1)c1ccccc1Oc1ccccc12. The van der Waals surface area contributed by atoms with Crippen molar-refractivity contribution >= 4 is 17.4 Å². The topological polar surface area (TPSA) is 21.6 Å². The smallest absolute Gasteiger partial charge is 0.135 e. The van der Waals surface area contributed by atoms with Gasteiger partial charge in [-0.15, -0.1) is 0 Å². The third-order valence-electron chi connectivity index (χ3n) is 3.66. The van der Waals surface area contributed by atoms with Crippen LogP contribution in [-0.2, 0) is 0 Å². The van der Waals surface area contributed by atoms with Gasteiger partial charge >= 0.3 is 0 Å². The van der Waals surface area contributed by atoms with Gasteiger partial charge in [0.05, 0.1) is 0 Å². The maximum absolute atomic E-state index is 6.12. The third kappa shape index (κ3) is 1.69. The molecule has 0 radical (unpaired) electrons. The van der Waals surface area contributed by atoms with E-state index in [-0.39, 0.29) is 0 Å². The van der Waals surface area contributed by atoms with E-state index in [2.05, 4.69) is 29.3 Å². The Hall–Kier alpha value is -2.61. The quantitative estimate of drug-likeness (QED) is 0.672. The molecule has 2 aliphatic heterocycles. The number of rotatable bonds is 0. The van der Waals surface area contributed by atoms with Crippen LogP contribution in [0, 0.1) is 0 Å². The average molecular weight is 259 g/mol. The van der Waals surface area contributed by atoms with Crippen LogP contribution in [-0.4, -0.2) is 6.21 Å². The van der Waals surface area contributed by atoms with Crippen molar-refractivity contribution in [3.8, 4) is 11.5 Å². The van der Waals surface area contributed by atoms with E-state index in [1.807, 2.05) is 42.7 Å². The van der Waals surface area contributed by atoms with Crippen molar-refractivity contribution in [2.75, 3.05) is 0 Å². The molecule has 0 bridgehead atoms. The molecular weight excluding hydrogens is 246 g/mol. The summed E-state index contributed by atoms with van der Waals surface area (Å²) < 4.78 is 6.12. The number of aliphatic imine (C=N–C) groups is 1. The van der Waals surface area contributed by atoms with Crippen molar-refractivity contribution in [1.29, 1.82) is 0 Å². The molecule has 0 aromatic heterocycles. The van der Waals surface area contributed by atoms with Crippen LogP contribution in [0.1, 0.15) is 17.5 Å². The molecule has 2 nitrogen and oxygen atoms in total. The lowest BCUT2D eigenvalue weighted by molar-refractivity contribution is 0.481. The van der Waals surface area contributed by atoms with E-state index in [9.17, 15) is 0 Å². The van der Waals surface area contributed by atoms with E-state index in [1.165, 1.54) is 11.1 Å². The Kier molecular flexibility index (Phi) is 2.52. The fourth-order valence-electron chi connectivity index (χ4n) is 2.74. The molecule has 2 heterocycles. The van der Waals surface area contributed by atoms with Gasteiger partial charge in [0, 0.05) is 30.0 Å². The monoisotopic (exact) mass is 259 g/mol. The predicted molar refractivity (Wildman–Crippen MR) is 82.0 cm³/mol. The summed E-state index contributed by atoms with van der Waals surface area (Å²) in [5.41, 5.74) is 4.74. The molecule has 0 atom stereocenters. The average Bonchev–Trinajstić information content (AvgIpc) is 2.79. The van der Waals surface area contributed by atoms with Crippen molar-refractivity contribution in [3.63, 3.8) is 0 Å². The van der Waals surface area contributed by atoms with Crippen LogP contribution in [0.4, 0.5) is 0 Å². The number of para-hydroxylation sites is 2. The summed E-state index contributed by atoms with van der Waals surface area (Å²) in [6.45, 7) is 0. The summed E-state index contributed by atoms with van der Waals surface area (Å²) >= 11 is 0. The molecule has 0 saturated carbocycles. The molecule has 96 valence electrons. The van der Waals surface area contributed by atoms with Crippen LogP contribution in [0.2, 0.25) is 0 Å². The van der Waals surface area contributed by atoms with Crippen molar-refractivity contribution in [2.24, 2.45) is 4.99 Å². The first-order valence-corrected chi connectivity index (χ1v) is 6.71. The number of hydrogen-bond acceptors (Lipinski definition) is 2. The van der Waals surface area contributed by atoms with Gasteiger partial charge in [-0.2, -0.15) is 0 Å². The summed E-state index contributed by atoms with van der Waals surface area (Å²) in [6.07, 6.45) is 6.69. The summed E-state index contributed by atoms with van der Waals surface area (Å²) in [6, 6.07) is 16.4. The Balaban J connectivity index is 2.07. The van der Waals surface area contributed by atoms with E-state index >= 15 is 0 Å². The second-order valence-corrected chi connectivity index (χ2v) is 4.84. The molecule has 2 aliphatic rings. The zero-order chi connectivity index (χ0) is 13.4. The van der Waals surface area contributed by atoms with E-state index in [1.54, 1.807) is 0 Å². The molecule has 0 unspecified atom stereocenters. The van der Waals surface area contributed by atoms with Gasteiger partial charge in [-0.05, 0) is 29.4 Å². The molecule has 0 spiro atoms. The van der Waals surface area contributed by atoms with E-state index in [4.69, 9.17) is 4.74 Å². The van der Waals surface area contributed by atoms with Gasteiger partial charge in [-0.1, -0.05) is 36.4 Å². The van der Waals surface area contributed by atoms with Crippen LogP contribution < -0.4 is 4.74 Å². The highest BCUT2D eigenvalue weighted by molar-refractivity contribution is 6.03. The molecular formula is C18H13NO. The number of fused-ring (bicyclic) bond motifs is 4. The van der Waals surface area contributed by atoms with Gasteiger partial charge in [0.1, 0.15) is 11.5 Å². The minimum absolute atomic E-state index is 0.817. The first kappa shape index (κ1) is 11.2. The van der Waals surface area contributed by atoms with E-state index < -0.39 is 0 Å². The lowest BCUT2D eigenvalue weighted by atomic mass is 9.93. The Morgan fingerprint density at radius 2 is 1.55 bits per heavy atom. The number of benzene rings is 2. The summed E-state index contributed by atoms with van der Waals surface area (Å²) in [4.78, 5) is 4.28. The Labute approximate surface area is 117 Å². The summed E-state index contributed by atoms with van der Waals surface area (Å²) in [5.74, 6) is 1.81. The molecule has 20 heavy (non-hydrogen) atoms. The highest BCUT2D eigenvalue weighted by Crippen LogP contribution is 2.43. The van der Waals surface area contributed by atoms with Crippen molar-refractivity contribution in [1.82, 2.24) is 0 Å². The first-order valence-electron chi connectivity index (χ1n) is 6.71. The van der Waals surface area contributed by atoms with Gasteiger partial charge in [-0.25, -0.2) is 0 Å². The van der Waals surface area contributed by atoms with Gasteiger partial charge < -0.3 is 4.74 Å². The van der Waals surface area contributed by atoms with Gasteiger partial charge in [-0.3, -0.25) is 4.99 Å². The van der Waals surface area contributed by atoms with Crippen LogP contribution in [0.15, 0.2) is 65.8 Å². The molecule has 0 fully saturated rings. The highest BCUT2D eigenvalue weighted by Gasteiger charge is 2.21. The zero-order valence-electron chi connectivity index (χ0n) is 10.9. The van der Waals surface area contributed by atoms with Gasteiger partial charge in [0.25, 0.3) is 0 Å². The first-order chi connectivity index (χ1) is 9.93. The summed E-state index contributed by atoms with van der Waals surface area (Å²) in [7, 11) is 0. The molecule has 0 N–H and O–H groups in total. The van der Waals surface area contributed by atoms with Crippen LogP contribution in [0.5, 0.6) is 11.5 Å². The lowest BCUT2D eigenvalue weighted by Gasteiger charge is -2.09. The molecule has 0 amide bonds. The molecule has 0 aliphatic carbocycles. The molecule has 2 aromatic carbocycles. The Bertz CT molecular complexity index is 768. The number of ether oxygens (including phenoxy) is 1. The second-order valence-electron chi connectivity index (χ2n) is 4.84. The Morgan fingerprint density at radius 1 is 0.850 bits per heavy atom. The van der Waals surface area contributed by atoms with Crippen molar-refractivity contribution < 1.29 is 4.74 Å². The normalized spacial score (nSPS) is 15.6. The van der Waals surface area contributed by atoms with Crippen molar-refractivity contribution in [2.45, 2.75) is 6.42 Å². The van der Waals surface area contributed by atoms with Gasteiger partial charge in [0.15, 0.2) is 0 Å². The van der Waals surface area contributed by atoms with Gasteiger partial charge in [0.2, 0.25) is 0 Å². The van der Waals surface area contributed by atoms with Crippen LogP contribution in [0.3, 0.4) is 0 Å². The maximum Gasteiger partial charge on any atom is 0.135 e. The maximum atomic E-state index is 6.12. The third-order valence-corrected chi connectivity index (χ3v) is 3.66. The lowest BCUT2D eigenvalue weighted by Crippen LogP contribution is -1.89. The standard InChI is InChI=1S/C18H13NO/c1-3-7-17-15(5-1)13-9-11-19-12-10-14(13)16-6-2-4-8-18(16)20-17/h1-9,11-12H,10H2. The molecule has 0 saturated heterocycles. The summed E-state index contributed by atoms with van der Waals surface area (Å²) in [5, 5.41) is 0. The number of hydrogen-bond donors (Lipinski definition) is 0. The minimum atomic E-state index is 0.817. The van der Waals surface area contributed by atoms with Crippen molar-refractivity contribution in [3.05, 3.63) is 71.9 Å². The fourth-order valence-corrected chi connectivity index (χ4v) is 2.74. The fraction of sp³-hybridized carbons (Fsp3) is 0.0556. The number of allylic oxidation sites excluding steroid dienone is 3. The minimum Gasteiger partial charge on any atom is -0.456 e. The zero-order valence-corrected chi connectivity index (χ0v) is 10.9. The van der Waals surface area contributed by atoms with E-state index in [0.29, 0.717) is 0 Å². The largest absolute Gasteiger partial charge is 0.456 e. The Morgan fingerprint density at radius 3 is 2.40 bits per heavy atom. The number of nitrogens with zero attached hydrogens (tertiary/aromatic N) is 1. The molecule has 2 heteroatoms. The second kappa shape index (κ2) is 4.49. The molecule has 2 aromatic rings. The predicted octanol–water partition coefficient (Wildman–Crippen LogP) is 4.69.